The minimum Gasteiger partial charge on any atom is -0.206 e. The van der Waals surface area contributed by atoms with Gasteiger partial charge in [-0.25, -0.2) is 4.39 Å². The molecule has 0 nitrogen and oxygen atoms in total. The summed E-state index contributed by atoms with van der Waals surface area (Å²) in [6, 6.07) is 14.1. The molecule has 0 saturated heterocycles. The van der Waals surface area contributed by atoms with Crippen LogP contribution in [0.2, 0.25) is 0 Å². The molecule has 0 saturated carbocycles. The third-order valence-electron chi connectivity index (χ3n) is 5.05. The maximum atomic E-state index is 14.5. The van der Waals surface area contributed by atoms with Gasteiger partial charge in [0.15, 0.2) is 0 Å². The van der Waals surface area contributed by atoms with Crippen LogP contribution in [-0.4, -0.2) is 0 Å². The summed E-state index contributed by atoms with van der Waals surface area (Å²) < 4.78 is 14.5. The van der Waals surface area contributed by atoms with Gasteiger partial charge >= 0.3 is 0 Å². The first kappa shape index (κ1) is 12.8. The van der Waals surface area contributed by atoms with Crippen molar-refractivity contribution in [2.45, 2.75) is 38.5 Å². The van der Waals surface area contributed by atoms with Gasteiger partial charge in [0.1, 0.15) is 5.82 Å². The van der Waals surface area contributed by atoms with Crippen LogP contribution in [0, 0.1) is 5.82 Å². The second-order valence-electron chi connectivity index (χ2n) is 6.13. The van der Waals surface area contributed by atoms with Crippen molar-refractivity contribution in [2.24, 2.45) is 0 Å². The largest absolute Gasteiger partial charge is 0.206 e. The van der Waals surface area contributed by atoms with E-state index in [4.69, 9.17) is 0 Å². The summed E-state index contributed by atoms with van der Waals surface area (Å²) in [6.07, 6.45) is 4.75. The van der Waals surface area contributed by atoms with Crippen LogP contribution in [0.15, 0.2) is 42.5 Å². The zero-order valence-electron chi connectivity index (χ0n) is 12.3. The lowest BCUT2D eigenvalue weighted by atomic mass is 9.79. The molecular formula is C20H19F. The summed E-state index contributed by atoms with van der Waals surface area (Å²) in [7, 11) is 0. The first-order valence-electron chi connectivity index (χ1n) is 7.92. The highest BCUT2D eigenvalue weighted by atomic mass is 19.1. The molecule has 4 rings (SSSR count). The quantitative estimate of drug-likeness (QED) is 0.482. The van der Waals surface area contributed by atoms with Gasteiger partial charge in [0.05, 0.1) is 0 Å². The van der Waals surface area contributed by atoms with Gasteiger partial charge in [-0.3, -0.25) is 0 Å². The monoisotopic (exact) mass is 278 g/mol. The molecule has 21 heavy (non-hydrogen) atoms. The van der Waals surface area contributed by atoms with Crippen molar-refractivity contribution in [3.63, 3.8) is 0 Å². The average molecular weight is 278 g/mol. The van der Waals surface area contributed by atoms with E-state index in [1.54, 1.807) is 6.07 Å². The molecule has 106 valence electrons. The fraction of sp³-hybridized carbons (Fsp3) is 0.300. The molecule has 0 N–H and O–H groups in total. The van der Waals surface area contributed by atoms with Crippen LogP contribution in [0.5, 0.6) is 0 Å². The highest BCUT2D eigenvalue weighted by Crippen LogP contribution is 2.39. The second-order valence-corrected chi connectivity index (χ2v) is 6.13. The van der Waals surface area contributed by atoms with Crippen molar-refractivity contribution < 1.29 is 4.39 Å². The predicted molar refractivity (Wildman–Crippen MR) is 87.4 cm³/mol. The van der Waals surface area contributed by atoms with Crippen LogP contribution in [0.1, 0.15) is 43.2 Å². The Morgan fingerprint density at radius 3 is 2.57 bits per heavy atom. The van der Waals surface area contributed by atoms with Gasteiger partial charge in [0, 0.05) is 5.39 Å². The third kappa shape index (κ3) is 1.87. The summed E-state index contributed by atoms with van der Waals surface area (Å²) in [4.78, 5) is 0. The van der Waals surface area contributed by atoms with Crippen LogP contribution in [0.4, 0.5) is 4.39 Å². The minimum atomic E-state index is -0.0925. The van der Waals surface area contributed by atoms with Gasteiger partial charge in [-0.15, -0.1) is 0 Å². The van der Waals surface area contributed by atoms with Gasteiger partial charge in [-0.05, 0) is 65.0 Å². The maximum absolute atomic E-state index is 14.5. The van der Waals surface area contributed by atoms with Crippen LogP contribution >= 0.6 is 0 Å². The van der Waals surface area contributed by atoms with Gasteiger partial charge in [0.25, 0.3) is 0 Å². The van der Waals surface area contributed by atoms with Gasteiger partial charge in [-0.1, -0.05) is 43.3 Å². The molecule has 0 bridgehead atoms. The van der Waals surface area contributed by atoms with Crippen molar-refractivity contribution in [3.05, 3.63) is 59.4 Å². The molecule has 0 spiro atoms. The van der Waals surface area contributed by atoms with E-state index in [0.717, 1.165) is 22.6 Å². The molecule has 0 aromatic heterocycles. The molecule has 0 amide bonds. The van der Waals surface area contributed by atoms with Gasteiger partial charge in [0.2, 0.25) is 0 Å². The Bertz CT molecular complexity index is 832. The summed E-state index contributed by atoms with van der Waals surface area (Å²) in [5, 5.41) is 4.09. The number of hydrogen-bond acceptors (Lipinski definition) is 0. The summed E-state index contributed by atoms with van der Waals surface area (Å²) in [5.74, 6) is 0.554. The molecule has 1 unspecified atom stereocenters. The predicted octanol–water partition coefficient (Wildman–Crippen LogP) is 5.96. The summed E-state index contributed by atoms with van der Waals surface area (Å²) in [5.41, 5.74) is 2.83. The summed E-state index contributed by atoms with van der Waals surface area (Å²) >= 11 is 0. The van der Waals surface area contributed by atoms with Gasteiger partial charge in [-0.2, -0.15) is 0 Å². The van der Waals surface area contributed by atoms with Crippen molar-refractivity contribution in [2.75, 3.05) is 0 Å². The first-order valence-corrected chi connectivity index (χ1v) is 7.92. The van der Waals surface area contributed by atoms with Crippen LogP contribution in [0.3, 0.4) is 0 Å². The minimum absolute atomic E-state index is 0.0925. The zero-order chi connectivity index (χ0) is 14.4. The molecule has 3 aromatic rings. The molecule has 1 aliphatic rings. The Hall–Kier alpha value is -1.89. The van der Waals surface area contributed by atoms with E-state index < -0.39 is 0 Å². The molecule has 0 fully saturated rings. The number of aryl methyl sites for hydroxylation is 1. The molecule has 0 aliphatic heterocycles. The van der Waals surface area contributed by atoms with E-state index >= 15 is 0 Å². The Labute approximate surface area is 124 Å². The molecule has 0 heterocycles. The maximum Gasteiger partial charge on any atom is 0.131 e. The van der Waals surface area contributed by atoms with E-state index in [2.05, 4.69) is 19.1 Å². The van der Waals surface area contributed by atoms with Crippen molar-refractivity contribution >= 4 is 21.5 Å². The number of rotatable bonds is 1. The molecule has 1 heteroatoms. The fourth-order valence-corrected chi connectivity index (χ4v) is 3.98. The van der Waals surface area contributed by atoms with Crippen LogP contribution < -0.4 is 0 Å². The van der Waals surface area contributed by atoms with E-state index in [1.165, 1.54) is 35.8 Å². The van der Waals surface area contributed by atoms with E-state index in [9.17, 15) is 4.39 Å². The third-order valence-corrected chi connectivity index (χ3v) is 5.05. The van der Waals surface area contributed by atoms with Crippen molar-refractivity contribution in [3.8, 4) is 0 Å². The Balaban J connectivity index is 2.11. The lowest BCUT2D eigenvalue weighted by molar-refractivity contribution is 0.542. The van der Waals surface area contributed by atoms with E-state index in [-0.39, 0.29) is 5.82 Å². The SMILES string of the molecule is CCC1CCCc2c1ccc1c2cc(F)c2ccccc21. The molecule has 0 radical (unpaired) electrons. The number of halogens is 1. The molecule has 1 atom stereocenters. The number of fused-ring (bicyclic) bond motifs is 5. The van der Waals surface area contributed by atoms with Gasteiger partial charge < -0.3 is 0 Å². The standard InChI is InChI=1S/C20H19F/c1-2-13-6-5-9-15-14(13)10-11-17-16-7-3-4-8-18(16)20(21)12-19(15)17/h3-4,7-8,10-13H,2,5-6,9H2,1H3. The molecule has 1 aliphatic carbocycles. The van der Waals surface area contributed by atoms with E-state index in [0.29, 0.717) is 5.92 Å². The van der Waals surface area contributed by atoms with E-state index in [1.807, 2.05) is 24.3 Å². The van der Waals surface area contributed by atoms with Crippen LogP contribution in [0.25, 0.3) is 21.5 Å². The number of hydrogen-bond donors (Lipinski definition) is 0. The zero-order valence-corrected chi connectivity index (χ0v) is 12.3. The molecular weight excluding hydrogens is 259 g/mol. The lowest BCUT2D eigenvalue weighted by Crippen LogP contribution is -2.09. The second kappa shape index (κ2) is 4.84. The first-order chi connectivity index (χ1) is 10.3. The topological polar surface area (TPSA) is 0 Å². The normalized spacial score (nSPS) is 18.1. The van der Waals surface area contributed by atoms with Crippen molar-refractivity contribution in [1.82, 2.24) is 0 Å². The molecule has 3 aromatic carbocycles. The van der Waals surface area contributed by atoms with Crippen molar-refractivity contribution in [1.29, 1.82) is 0 Å². The van der Waals surface area contributed by atoms with Crippen LogP contribution in [-0.2, 0) is 6.42 Å². The highest BCUT2D eigenvalue weighted by Gasteiger charge is 2.21. The lowest BCUT2D eigenvalue weighted by Gasteiger charge is -2.26. The Morgan fingerprint density at radius 2 is 1.76 bits per heavy atom. The Kier molecular flexibility index (Phi) is 2.95. The summed E-state index contributed by atoms with van der Waals surface area (Å²) in [6.45, 7) is 2.25. The number of benzene rings is 3. The highest BCUT2D eigenvalue weighted by molar-refractivity contribution is 6.09. The smallest absolute Gasteiger partial charge is 0.131 e. The average Bonchev–Trinajstić information content (AvgIpc) is 2.54. The fourth-order valence-electron chi connectivity index (χ4n) is 3.98. The Morgan fingerprint density at radius 1 is 1.00 bits per heavy atom.